The first kappa shape index (κ1) is 16.7. The topological polar surface area (TPSA) is 78.8 Å². The van der Waals surface area contributed by atoms with Crippen LogP contribution in [0.25, 0.3) is 10.1 Å². The van der Waals surface area contributed by atoms with E-state index in [1.807, 2.05) is 23.6 Å². The fourth-order valence-electron chi connectivity index (χ4n) is 1.99. The van der Waals surface area contributed by atoms with E-state index < -0.39 is 23.9 Å². The van der Waals surface area contributed by atoms with E-state index >= 15 is 0 Å². The minimum absolute atomic E-state index is 0.0848. The lowest BCUT2D eigenvalue weighted by Gasteiger charge is -2.22. The number of amides is 1. The van der Waals surface area contributed by atoms with Crippen LogP contribution in [-0.4, -0.2) is 34.6 Å². The number of fused-ring (bicyclic) bond motifs is 1. The maximum Gasteiger partial charge on any atom is 0.407 e. The molecular weight excluding hydrogens is 302 g/mol. The van der Waals surface area contributed by atoms with Crippen LogP contribution in [0.1, 0.15) is 32.4 Å². The quantitative estimate of drug-likeness (QED) is 0.808. The van der Waals surface area contributed by atoms with Crippen molar-refractivity contribution in [3.8, 4) is 0 Å². The molecule has 2 unspecified atom stereocenters. The summed E-state index contributed by atoms with van der Waals surface area (Å²) in [5, 5.41) is 25.7. The van der Waals surface area contributed by atoms with E-state index in [0.717, 1.165) is 10.1 Å². The second-order valence-corrected chi connectivity index (χ2v) is 7.06. The molecule has 3 N–H and O–H groups in total. The van der Waals surface area contributed by atoms with E-state index in [-0.39, 0.29) is 6.54 Å². The largest absolute Gasteiger partial charge is 0.444 e. The third kappa shape index (κ3) is 4.43. The number of hydrogen-bond donors (Lipinski definition) is 3. The first-order valence-corrected chi connectivity index (χ1v) is 7.94. The lowest BCUT2D eigenvalue weighted by atomic mass is 10.0. The molecule has 0 aliphatic carbocycles. The maximum atomic E-state index is 11.5. The average Bonchev–Trinajstić information content (AvgIpc) is 2.89. The number of carbonyl (C=O) groups is 1. The predicted octanol–water partition coefficient (Wildman–Crippen LogP) is 2.82. The van der Waals surface area contributed by atoms with Gasteiger partial charge in [-0.3, -0.25) is 0 Å². The fourth-order valence-corrected chi connectivity index (χ4v) is 2.83. The molecule has 1 amide bonds. The molecule has 120 valence electrons. The molecule has 2 rings (SSSR count). The van der Waals surface area contributed by atoms with Crippen molar-refractivity contribution >= 4 is 27.5 Å². The molecule has 1 heterocycles. The van der Waals surface area contributed by atoms with Gasteiger partial charge in [-0.1, -0.05) is 12.1 Å². The van der Waals surface area contributed by atoms with Gasteiger partial charge in [0.05, 0.1) is 0 Å². The van der Waals surface area contributed by atoms with Gasteiger partial charge in [-0.05, 0) is 49.2 Å². The first-order chi connectivity index (χ1) is 10.3. The zero-order valence-electron chi connectivity index (χ0n) is 12.9. The Morgan fingerprint density at radius 1 is 1.32 bits per heavy atom. The van der Waals surface area contributed by atoms with Gasteiger partial charge in [0, 0.05) is 11.2 Å². The minimum atomic E-state index is -1.11. The summed E-state index contributed by atoms with van der Waals surface area (Å²) in [4.78, 5) is 11.5. The van der Waals surface area contributed by atoms with Crippen molar-refractivity contribution in [2.45, 2.75) is 38.6 Å². The second-order valence-electron chi connectivity index (χ2n) is 6.11. The molecule has 5 nitrogen and oxygen atoms in total. The molecule has 0 aliphatic heterocycles. The monoisotopic (exact) mass is 323 g/mol. The molecule has 1 aromatic heterocycles. The molecule has 0 spiro atoms. The van der Waals surface area contributed by atoms with Gasteiger partial charge in [0.2, 0.25) is 0 Å². The van der Waals surface area contributed by atoms with E-state index in [1.165, 1.54) is 0 Å². The maximum absolute atomic E-state index is 11.5. The van der Waals surface area contributed by atoms with Crippen molar-refractivity contribution in [1.82, 2.24) is 5.32 Å². The zero-order chi connectivity index (χ0) is 16.3. The molecule has 22 heavy (non-hydrogen) atoms. The average molecular weight is 323 g/mol. The Kier molecular flexibility index (Phi) is 5.05. The fraction of sp³-hybridized carbons (Fsp3) is 0.438. The van der Waals surface area contributed by atoms with E-state index in [2.05, 4.69) is 5.32 Å². The van der Waals surface area contributed by atoms with Gasteiger partial charge < -0.3 is 20.3 Å². The van der Waals surface area contributed by atoms with E-state index in [0.29, 0.717) is 5.56 Å². The van der Waals surface area contributed by atoms with Gasteiger partial charge in [0.25, 0.3) is 0 Å². The van der Waals surface area contributed by atoms with E-state index in [4.69, 9.17) is 4.74 Å². The molecule has 0 fully saturated rings. The van der Waals surface area contributed by atoms with Crippen LogP contribution in [0, 0.1) is 0 Å². The Bertz CT molecular complexity index is 647. The van der Waals surface area contributed by atoms with Gasteiger partial charge in [-0.2, -0.15) is 0 Å². The summed E-state index contributed by atoms with van der Waals surface area (Å²) in [5.74, 6) is 0. The Balaban J connectivity index is 1.94. The Hall–Kier alpha value is -1.63. The smallest absolute Gasteiger partial charge is 0.407 e. The van der Waals surface area contributed by atoms with Crippen LogP contribution < -0.4 is 5.32 Å². The number of nitrogens with one attached hydrogen (secondary N) is 1. The van der Waals surface area contributed by atoms with Crippen molar-refractivity contribution < 1.29 is 19.7 Å². The third-order valence-corrected chi connectivity index (χ3v) is 3.92. The van der Waals surface area contributed by atoms with E-state index in [9.17, 15) is 15.0 Å². The summed E-state index contributed by atoms with van der Waals surface area (Å²) in [5.41, 5.74) is 0.0196. The van der Waals surface area contributed by atoms with Gasteiger partial charge in [0.15, 0.2) is 0 Å². The Morgan fingerprint density at radius 3 is 2.73 bits per heavy atom. The van der Waals surface area contributed by atoms with Crippen molar-refractivity contribution in [1.29, 1.82) is 0 Å². The summed E-state index contributed by atoms with van der Waals surface area (Å²) < 4.78 is 6.12. The van der Waals surface area contributed by atoms with Crippen molar-refractivity contribution in [2.24, 2.45) is 0 Å². The van der Waals surface area contributed by atoms with Crippen LogP contribution in [0.5, 0.6) is 0 Å². The second kappa shape index (κ2) is 6.64. The Morgan fingerprint density at radius 2 is 2.05 bits per heavy atom. The molecule has 2 aromatic rings. The third-order valence-electron chi connectivity index (χ3n) is 3.04. The highest BCUT2D eigenvalue weighted by Gasteiger charge is 2.21. The molecule has 0 aliphatic rings. The van der Waals surface area contributed by atoms with Gasteiger partial charge >= 0.3 is 6.09 Å². The first-order valence-electron chi connectivity index (χ1n) is 7.06. The number of carbonyl (C=O) groups excluding carboxylic acids is 1. The summed E-state index contributed by atoms with van der Waals surface area (Å²) in [6.07, 6.45) is -2.79. The van der Waals surface area contributed by atoms with Crippen LogP contribution in [0.3, 0.4) is 0 Å². The molecule has 0 bridgehead atoms. The lowest BCUT2D eigenvalue weighted by molar-refractivity contribution is 0.0130. The number of rotatable bonds is 4. The summed E-state index contributed by atoms with van der Waals surface area (Å²) in [7, 11) is 0. The van der Waals surface area contributed by atoms with Crippen LogP contribution >= 0.6 is 11.3 Å². The van der Waals surface area contributed by atoms with Gasteiger partial charge in [-0.25, -0.2) is 4.79 Å². The molecular formula is C16H21NO4S. The SMILES string of the molecule is CC(C)(C)OC(=O)NCC(O)C(O)c1ccc2ccsc2c1. The number of aliphatic hydroxyl groups is 2. The summed E-state index contributed by atoms with van der Waals surface area (Å²) >= 11 is 1.57. The highest BCUT2D eigenvalue weighted by atomic mass is 32.1. The van der Waals surface area contributed by atoms with Crippen LogP contribution in [-0.2, 0) is 4.74 Å². The number of alkyl carbamates (subject to hydrolysis) is 1. The minimum Gasteiger partial charge on any atom is -0.444 e. The zero-order valence-corrected chi connectivity index (χ0v) is 13.7. The molecule has 0 saturated heterocycles. The number of hydrogen-bond acceptors (Lipinski definition) is 5. The number of thiophene rings is 1. The number of benzene rings is 1. The normalized spacial score (nSPS) is 14.6. The lowest BCUT2D eigenvalue weighted by Crippen LogP contribution is -2.38. The molecule has 0 radical (unpaired) electrons. The number of aliphatic hydroxyl groups excluding tert-OH is 2. The van der Waals surface area contributed by atoms with Crippen LogP contribution in [0.15, 0.2) is 29.6 Å². The molecule has 6 heteroatoms. The van der Waals surface area contributed by atoms with Crippen LogP contribution in [0.4, 0.5) is 4.79 Å². The number of ether oxygens (including phenoxy) is 1. The summed E-state index contributed by atoms with van der Waals surface area (Å²) in [6, 6.07) is 7.52. The van der Waals surface area contributed by atoms with Crippen molar-refractivity contribution in [3.05, 3.63) is 35.2 Å². The van der Waals surface area contributed by atoms with E-state index in [1.54, 1.807) is 38.2 Å². The van der Waals surface area contributed by atoms with Gasteiger partial charge in [-0.15, -0.1) is 11.3 Å². The van der Waals surface area contributed by atoms with Gasteiger partial charge in [0.1, 0.15) is 17.8 Å². The standard InChI is InChI=1S/C16H21NO4S/c1-16(2,3)21-15(20)17-9-12(18)14(19)11-5-4-10-6-7-22-13(10)8-11/h4-8,12,14,18-19H,9H2,1-3H3,(H,17,20). The van der Waals surface area contributed by atoms with Crippen LogP contribution in [0.2, 0.25) is 0 Å². The molecule has 0 saturated carbocycles. The molecule has 1 aromatic carbocycles. The van der Waals surface area contributed by atoms with Crippen molar-refractivity contribution in [3.63, 3.8) is 0 Å². The summed E-state index contributed by atoms with van der Waals surface area (Å²) in [6.45, 7) is 5.19. The highest BCUT2D eigenvalue weighted by Crippen LogP contribution is 2.26. The van der Waals surface area contributed by atoms with Crippen molar-refractivity contribution in [2.75, 3.05) is 6.54 Å². The highest BCUT2D eigenvalue weighted by molar-refractivity contribution is 7.17. The molecule has 2 atom stereocenters. The predicted molar refractivity (Wildman–Crippen MR) is 87.0 cm³/mol. The Labute approximate surface area is 133 Å².